The lowest BCUT2D eigenvalue weighted by atomic mass is 10.3. The van der Waals surface area contributed by atoms with Crippen molar-refractivity contribution in [1.29, 1.82) is 0 Å². The molecule has 1 heterocycles. The van der Waals surface area contributed by atoms with Crippen molar-refractivity contribution in [3.05, 3.63) is 0 Å². The average Bonchev–Trinajstić information content (AvgIpc) is 1.78. The summed E-state index contributed by atoms with van der Waals surface area (Å²) in [7, 11) is 0. The largest absolute Gasteiger partial charge is 0.307 e. The third kappa shape index (κ3) is 2.30. The highest BCUT2D eigenvalue weighted by molar-refractivity contribution is 5.85. The van der Waals surface area contributed by atoms with E-state index in [1.165, 1.54) is 0 Å². The van der Waals surface area contributed by atoms with Crippen LogP contribution in [0.1, 0.15) is 12.8 Å². The Bertz CT molecular complexity index is 112. The zero-order chi connectivity index (χ0) is 7.12. The van der Waals surface area contributed by atoms with Gasteiger partial charge in [0.1, 0.15) is 0 Å². The normalized spacial score (nSPS) is 27.6. The van der Waals surface area contributed by atoms with E-state index in [1.807, 2.05) is 0 Å². The van der Waals surface area contributed by atoms with Gasteiger partial charge in [-0.3, -0.25) is 0 Å². The van der Waals surface area contributed by atoms with Crippen molar-refractivity contribution >= 4 is 12.4 Å². The molecular formula is C4H6ClF4N. The van der Waals surface area contributed by atoms with E-state index in [1.54, 1.807) is 0 Å². The van der Waals surface area contributed by atoms with Gasteiger partial charge >= 0.3 is 12.1 Å². The molecule has 0 saturated carbocycles. The molecule has 1 N–H and O–H groups in total. The van der Waals surface area contributed by atoms with Gasteiger partial charge in [0.25, 0.3) is 0 Å². The molecule has 62 valence electrons. The van der Waals surface area contributed by atoms with Crippen LogP contribution in [0.2, 0.25) is 0 Å². The van der Waals surface area contributed by atoms with Crippen LogP contribution in [-0.4, -0.2) is 12.1 Å². The molecule has 1 rings (SSSR count). The molecule has 1 aliphatic rings. The maximum atomic E-state index is 11.8. The maximum Gasteiger partial charge on any atom is 0.307 e. The predicted molar refractivity (Wildman–Crippen MR) is 29.5 cm³/mol. The standard InChI is InChI=1S/C4H5F4N.ClH/c5-3(6)1-2-4(7,8)9-3;/h9H,1-2H2;1H. The monoisotopic (exact) mass is 179 g/mol. The van der Waals surface area contributed by atoms with Crippen LogP contribution in [0.5, 0.6) is 0 Å². The summed E-state index contributed by atoms with van der Waals surface area (Å²) in [5.74, 6) is 0. The second kappa shape index (κ2) is 2.54. The first-order valence-corrected chi connectivity index (χ1v) is 2.46. The molecule has 0 unspecified atom stereocenters. The molecule has 0 bridgehead atoms. The summed E-state index contributed by atoms with van der Waals surface area (Å²) in [4.78, 5) is 0. The van der Waals surface area contributed by atoms with Crippen molar-refractivity contribution in [2.24, 2.45) is 0 Å². The summed E-state index contributed by atoms with van der Waals surface area (Å²) in [6.07, 6.45) is -1.56. The molecule has 0 amide bonds. The first-order chi connectivity index (χ1) is 3.91. The van der Waals surface area contributed by atoms with Crippen LogP contribution in [0.25, 0.3) is 0 Å². The summed E-state index contributed by atoms with van der Waals surface area (Å²) >= 11 is 0. The summed E-state index contributed by atoms with van der Waals surface area (Å²) in [6, 6.07) is -6.74. The second-order valence-electron chi connectivity index (χ2n) is 2.03. The van der Waals surface area contributed by atoms with Gasteiger partial charge in [0.15, 0.2) is 0 Å². The first-order valence-electron chi connectivity index (χ1n) is 2.46. The summed E-state index contributed by atoms with van der Waals surface area (Å²) in [5, 5.41) is 0.903. The van der Waals surface area contributed by atoms with Gasteiger partial charge in [-0.1, -0.05) is 0 Å². The average molecular weight is 180 g/mol. The maximum absolute atomic E-state index is 11.8. The molecule has 1 aliphatic heterocycles. The first kappa shape index (κ1) is 9.97. The zero-order valence-electron chi connectivity index (χ0n) is 4.83. The minimum atomic E-state index is -3.37. The van der Waals surface area contributed by atoms with Gasteiger partial charge in [0.2, 0.25) is 0 Å². The van der Waals surface area contributed by atoms with E-state index in [9.17, 15) is 17.6 Å². The fraction of sp³-hybridized carbons (Fsp3) is 1.00. The van der Waals surface area contributed by atoms with Gasteiger partial charge in [-0.25, -0.2) is 0 Å². The number of halogens is 5. The van der Waals surface area contributed by atoms with E-state index < -0.39 is 24.9 Å². The summed E-state index contributed by atoms with van der Waals surface area (Å²) in [5.41, 5.74) is 0. The fourth-order valence-electron chi connectivity index (χ4n) is 0.707. The molecule has 0 atom stereocenters. The molecule has 1 saturated heterocycles. The van der Waals surface area contributed by atoms with Crippen LogP contribution in [0.3, 0.4) is 0 Å². The molecule has 10 heavy (non-hydrogen) atoms. The van der Waals surface area contributed by atoms with Crippen molar-refractivity contribution in [3.63, 3.8) is 0 Å². The highest BCUT2D eigenvalue weighted by atomic mass is 35.5. The molecule has 0 spiro atoms. The van der Waals surface area contributed by atoms with Crippen LogP contribution in [0.4, 0.5) is 17.6 Å². The van der Waals surface area contributed by atoms with E-state index in [2.05, 4.69) is 0 Å². The van der Waals surface area contributed by atoms with Gasteiger partial charge in [-0.2, -0.15) is 22.9 Å². The molecule has 0 radical (unpaired) electrons. The lowest BCUT2D eigenvalue weighted by Gasteiger charge is -2.10. The Morgan fingerprint density at radius 1 is 0.900 bits per heavy atom. The van der Waals surface area contributed by atoms with Crippen molar-refractivity contribution < 1.29 is 17.6 Å². The minimum absolute atomic E-state index is 0. The SMILES string of the molecule is Cl.FC1(F)CCC(F)(F)N1. The van der Waals surface area contributed by atoms with Crippen molar-refractivity contribution in [2.75, 3.05) is 0 Å². The van der Waals surface area contributed by atoms with E-state index in [0.29, 0.717) is 0 Å². The Kier molecular flexibility index (Phi) is 2.53. The number of hydrogen-bond donors (Lipinski definition) is 1. The molecule has 0 aliphatic carbocycles. The highest BCUT2D eigenvalue weighted by Gasteiger charge is 2.49. The highest BCUT2D eigenvalue weighted by Crippen LogP contribution is 2.34. The van der Waals surface area contributed by atoms with Gasteiger partial charge in [-0.05, 0) is 0 Å². The van der Waals surface area contributed by atoms with Gasteiger partial charge in [0, 0.05) is 12.8 Å². The molecule has 6 heteroatoms. The number of alkyl halides is 4. The molecular weight excluding hydrogens is 173 g/mol. The number of nitrogens with one attached hydrogen (secondary N) is 1. The van der Waals surface area contributed by atoms with E-state index >= 15 is 0 Å². The lowest BCUT2D eigenvalue weighted by Crippen LogP contribution is -2.39. The Morgan fingerprint density at radius 2 is 1.20 bits per heavy atom. The topological polar surface area (TPSA) is 12.0 Å². The predicted octanol–water partition coefficient (Wildman–Crippen LogP) is 1.98. The van der Waals surface area contributed by atoms with E-state index in [0.717, 1.165) is 5.32 Å². The number of hydrogen-bond acceptors (Lipinski definition) is 1. The smallest absolute Gasteiger partial charge is 0.198 e. The van der Waals surface area contributed by atoms with Gasteiger partial charge in [0.05, 0.1) is 0 Å². The lowest BCUT2D eigenvalue weighted by molar-refractivity contribution is -0.0914. The zero-order valence-corrected chi connectivity index (χ0v) is 5.65. The Hall–Kier alpha value is -0.0300. The van der Waals surface area contributed by atoms with Crippen molar-refractivity contribution in [2.45, 2.75) is 24.9 Å². The van der Waals surface area contributed by atoms with Crippen molar-refractivity contribution in [3.8, 4) is 0 Å². The summed E-state index contributed by atoms with van der Waals surface area (Å²) in [6.45, 7) is 0. The van der Waals surface area contributed by atoms with Gasteiger partial charge in [-0.15, -0.1) is 12.4 Å². The Labute approximate surface area is 61.2 Å². The van der Waals surface area contributed by atoms with Crippen LogP contribution in [0.15, 0.2) is 0 Å². The van der Waals surface area contributed by atoms with E-state index in [4.69, 9.17) is 0 Å². The molecule has 0 aromatic rings. The quantitative estimate of drug-likeness (QED) is 0.443. The van der Waals surface area contributed by atoms with Crippen LogP contribution in [0, 0.1) is 0 Å². The third-order valence-electron chi connectivity index (χ3n) is 1.12. The second-order valence-corrected chi connectivity index (χ2v) is 2.03. The fourth-order valence-corrected chi connectivity index (χ4v) is 0.707. The van der Waals surface area contributed by atoms with E-state index in [-0.39, 0.29) is 12.4 Å². The van der Waals surface area contributed by atoms with Crippen LogP contribution < -0.4 is 5.32 Å². The van der Waals surface area contributed by atoms with Crippen LogP contribution >= 0.6 is 12.4 Å². The molecule has 1 fully saturated rings. The molecule has 0 aromatic heterocycles. The number of rotatable bonds is 0. The minimum Gasteiger partial charge on any atom is -0.198 e. The van der Waals surface area contributed by atoms with Crippen LogP contribution in [-0.2, 0) is 0 Å². The van der Waals surface area contributed by atoms with Crippen molar-refractivity contribution in [1.82, 2.24) is 5.32 Å². The third-order valence-corrected chi connectivity index (χ3v) is 1.12. The molecule has 0 aromatic carbocycles. The Balaban J connectivity index is 0.000000810. The molecule has 1 nitrogen and oxygen atoms in total. The Morgan fingerprint density at radius 3 is 1.30 bits per heavy atom. The van der Waals surface area contributed by atoms with Gasteiger partial charge < -0.3 is 0 Å². The summed E-state index contributed by atoms with van der Waals surface area (Å²) < 4.78 is 47.4.